The number of anilines is 2. The quantitative estimate of drug-likeness (QED) is 0.488. The second-order valence-electron chi connectivity index (χ2n) is 8.49. The summed E-state index contributed by atoms with van der Waals surface area (Å²) >= 11 is 0. The first kappa shape index (κ1) is 24.5. The lowest BCUT2D eigenvalue weighted by molar-refractivity contribution is -0.135. The van der Waals surface area contributed by atoms with Gasteiger partial charge in [-0.2, -0.15) is 0 Å². The molecular weight excluding hydrogens is 466 g/mol. The lowest BCUT2D eigenvalue weighted by Gasteiger charge is -2.37. The number of carbonyl (C=O) groups excluding carboxylic acids is 1. The molecule has 0 aliphatic carbocycles. The van der Waals surface area contributed by atoms with E-state index in [1.807, 2.05) is 17.9 Å². The number of piperazine rings is 1. The van der Waals surface area contributed by atoms with Gasteiger partial charge in [0.05, 0.1) is 4.90 Å². The van der Waals surface area contributed by atoms with Crippen LogP contribution in [0.2, 0.25) is 0 Å². The van der Waals surface area contributed by atoms with E-state index < -0.39 is 10.0 Å². The smallest absolute Gasteiger partial charge is 0.263 e. The van der Waals surface area contributed by atoms with E-state index >= 15 is 0 Å². The Morgan fingerprint density at radius 2 is 1.86 bits per heavy atom. The Labute approximate surface area is 208 Å². The van der Waals surface area contributed by atoms with Gasteiger partial charge in [0.2, 0.25) is 5.91 Å². The first-order valence-electron chi connectivity index (χ1n) is 11.6. The van der Waals surface area contributed by atoms with E-state index in [4.69, 9.17) is 0 Å². The maximum absolute atomic E-state index is 13.1. The molecule has 10 heteroatoms. The molecule has 1 aromatic heterocycles. The lowest BCUT2D eigenvalue weighted by atomic mass is 9.95. The third-order valence-electron chi connectivity index (χ3n) is 6.16. The summed E-state index contributed by atoms with van der Waals surface area (Å²) < 4.78 is 27.6. The number of hydrogen-bond donors (Lipinski definition) is 2. The molecular formula is C25H33N5O4S. The number of amides is 1. The van der Waals surface area contributed by atoms with Crippen LogP contribution in [0.4, 0.5) is 11.5 Å². The number of hydrogen-bond acceptors (Lipinski definition) is 7. The van der Waals surface area contributed by atoms with Gasteiger partial charge < -0.3 is 14.9 Å². The van der Waals surface area contributed by atoms with E-state index in [0.717, 1.165) is 17.7 Å². The van der Waals surface area contributed by atoms with Gasteiger partial charge in [-0.25, -0.2) is 18.4 Å². The van der Waals surface area contributed by atoms with Gasteiger partial charge in [0.1, 0.15) is 17.9 Å². The molecule has 0 saturated carbocycles. The zero-order valence-corrected chi connectivity index (χ0v) is 20.4. The number of aromatic nitrogens is 2. The van der Waals surface area contributed by atoms with E-state index in [2.05, 4.69) is 19.6 Å². The van der Waals surface area contributed by atoms with Crippen molar-refractivity contribution in [3.63, 3.8) is 0 Å². The molecule has 9 nitrogen and oxygen atoms in total. The number of phenols is 1. The van der Waals surface area contributed by atoms with Crippen LogP contribution in [0.15, 0.2) is 72.0 Å². The first-order valence-corrected chi connectivity index (χ1v) is 13.0. The van der Waals surface area contributed by atoms with Gasteiger partial charge in [0.25, 0.3) is 10.0 Å². The second kappa shape index (κ2) is 10.7. The van der Waals surface area contributed by atoms with Crippen molar-refractivity contribution < 1.29 is 21.2 Å². The SMILES string of the molecule is CCC(Cc1cccc(O)c1)C(=O)N1CCN(c2ccc(S(=O)(=O)Nc3ccncn3)cc2)CC1.[HH].[HH]. The third-order valence-corrected chi connectivity index (χ3v) is 7.53. The highest BCUT2D eigenvalue weighted by molar-refractivity contribution is 7.92. The van der Waals surface area contributed by atoms with Crippen LogP contribution in [0, 0.1) is 5.92 Å². The molecule has 2 heterocycles. The van der Waals surface area contributed by atoms with Crippen LogP contribution < -0.4 is 9.62 Å². The third kappa shape index (κ3) is 6.07. The van der Waals surface area contributed by atoms with E-state index in [-0.39, 0.29) is 31.1 Å². The number of nitrogens with one attached hydrogen (secondary N) is 1. The molecule has 35 heavy (non-hydrogen) atoms. The van der Waals surface area contributed by atoms with Crippen LogP contribution in [-0.4, -0.2) is 60.5 Å². The van der Waals surface area contributed by atoms with E-state index in [0.29, 0.717) is 32.6 Å². The van der Waals surface area contributed by atoms with Crippen molar-refractivity contribution in [3.05, 3.63) is 72.7 Å². The number of rotatable bonds is 8. The second-order valence-corrected chi connectivity index (χ2v) is 10.2. The topological polar surface area (TPSA) is 116 Å². The Morgan fingerprint density at radius 3 is 2.49 bits per heavy atom. The van der Waals surface area contributed by atoms with Crippen molar-refractivity contribution in [2.45, 2.75) is 24.7 Å². The maximum Gasteiger partial charge on any atom is 0.263 e. The van der Waals surface area contributed by atoms with Crippen LogP contribution in [0.3, 0.4) is 0 Å². The highest BCUT2D eigenvalue weighted by Crippen LogP contribution is 2.23. The predicted octanol–water partition coefficient (Wildman–Crippen LogP) is 3.39. The van der Waals surface area contributed by atoms with Crippen molar-refractivity contribution in [3.8, 4) is 5.75 Å². The molecule has 4 rings (SSSR count). The zero-order valence-electron chi connectivity index (χ0n) is 19.5. The highest BCUT2D eigenvalue weighted by atomic mass is 32.2. The van der Waals surface area contributed by atoms with Gasteiger partial charge in [-0.1, -0.05) is 19.1 Å². The molecule has 0 bridgehead atoms. The lowest BCUT2D eigenvalue weighted by Crippen LogP contribution is -2.50. The standard InChI is InChI=1S/C25H29N5O4S.2H2/c1-2-20(16-19-4-3-5-22(31)17-19)25(32)30-14-12-29(13-15-30)21-6-8-23(9-7-21)35(33,34)28-24-10-11-26-18-27-24;;/h3-11,17-18,20,31H,2,12-16H2,1H3,(H,26,27,28);2*1H. The molecule has 1 aliphatic heterocycles. The van der Waals surface area contributed by atoms with Crippen LogP contribution in [0.1, 0.15) is 21.8 Å². The fourth-order valence-electron chi connectivity index (χ4n) is 4.20. The molecule has 1 atom stereocenters. The van der Waals surface area contributed by atoms with E-state index in [9.17, 15) is 18.3 Å². The Balaban J connectivity index is 0.00000241. The first-order chi connectivity index (χ1) is 16.9. The summed E-state index contributed by atoms with van der Waals surface area (Å²) in [5.74, 6) is 0.421. The van der Waals surface area contributed by atoms with E-state index in [1.54, 1.807) is 42.5 Å². The number of phenolic OH excluding ortho intramolecular Hbond substituents is 1. The molecule has 1 fully saturated rings. The average Bonchev–Trinajstić information content (AvgIpc) is 2.87. The molecule has 3 aromatic rings. The summed E-state index contributed by atoms with van der Waals surface area (Å²) in [4.78, 5) is 25.0. The molecule has 188 valence electrons. The fourth-order valence-corrected chi connectivity index (χ4v) is 5.21. The number of carbonyl (C=O) groups is 1. The molecule has 1 unspecified atom stereocenters. The normalized spacial score (nSPS) is 15.0. The van der Waals surface area contributed by atoms with Crippen molar-refractivity contribution in [2.24, 2.45) is 5.92 Å². The van der Waals surface area contributed by atoms with Crippen LogP contribution in [0.5, 0.6) is 5.75 Å². The van der Waals surface area contributed by atoms with Gasteiger partial charge in [-0.3, -0.25) is 9.52 Å². The predicted molar refractivity (Wildman–Crippen MR) is 138 cm³/mol. The molecule has 2 N–H and O–H groups in total. The molecule has 1 saturated heterocycles. The minimum Gasteiger partial charge on any atom is -0.508 e. The van der Waals surface area contributed by atoms with Crippen LogP contribution >= 0.6 is 0 Å². The number of aromatic hydroxyl groups is 1. The van der Waals surface area contributed by atoms with Gasteiger partial charge in [0.15, 0.2) is 0 Å². The number of nitrogens with zero attached hydrogens (tertiary/aromatic N) is 4. The molecule has 2 aromatic carbocycles. The Morgan fingerprint density at radius 1 is 1.11 bits per heavy atom. The van der Waals surface area contributed by atoms with Crippen molar-refractivity contribution >= 4 is 27.4 Å². The van der Waals surface area contributed by atoms with Crippen LogP contribution in [0.25, 0.3) is 0 Å². The van der Waals surface area contributed by atoms with Gasteiger partial charge in [-0.05, 0) is 60.9 Å². The van der Waals surface area contributed by atoms with Gasteiger partial charge >= 0.3 is 0 Å². The average molecular weight is 500 g/mol. The summed E-state index contributed by atoms with van der Waals surface area (Å²) in [5, 5.41) is 9.71. The Kier molecular flexibility index (Phi) is 7.50. The van der Waals surface area contributed by atoms with Crippen molar-refractivity contribution in [2.75, 3.05) is 35.8 Å². The molecule has 0 spiro atoms. The fraction of sp³-hybridized carbons (Fsp3) is 0.320. The van der Waals surface area contributed by atoms with Crippen LogP contribution in [-0.2, 0) is 21.2 Å². The summed E-state index contributed by atoms with van der Waals surface area (Å²) in [6.07, 6.45) is 4.07. The van der Waals surface area contributed by atoms with Gasteiger partial charge in [-0.15, -0.1) is 0 Å². The minimum absolute atomic E-state index is 0. The van der Waals surface area contributed by atoms with Gasteiger partial charge in [0, 0.05) is 46.8 Å². The molecule has 1 amide bonds. The van der Waals surface area contributed by atoms with Crippen molar-refractivity contribution in [1.82, 2.24) is 14.9 Å². The zero-order chi connectivity index (χ0) is 24.8. The summed E-state index contributed by atoms with van der Waals surface area (Å²) in [5.41, 5.74) is 1.86. The minimum atomic E-state index is -3.75. The molecule has 0 radical (unpaired) electrons. The van der Waals surface area contributed by atoms with E-state index in [1.165, 1.54) is 18.6 Å². The Hall–Kier alpha value is -3.66. The molecule has 1 aliphatic rings. The largest absolute Gasteiger partial charge is 0.508 e. The maximum atomic E-state index is 13.1. The van der Waals surface area contributed by atoms with Crippen molar-refractivity contribution in [1.29, 1.82) is 0 Å². The Bertz CT molecular complexity index is 1260. The number of sulfonamides is 1. The summed E-state index contributed by atoms with van der Waals surface area (Å²) in [6.45, 7) is 4.55. The summed E-state index contributed by atoms with van der Waals surface area (Å²) in [6, 6.07) is 15.2. The summed E-state index contributed by atoms with van der Waals surface area (Å²) in [7, 11) is -3.75. The number of benzene rings is 2. The monoisotopic (exact) mass is 499 g/mol. The highest BCUT2D eigenvalue weighted by Gasteiger charge is 2.27.